The van der Waals surface area contributed by atoms with Crippen LogP contribution in [0.5, 0.6) is 5.88 Å². The first-order chi connectivity index (χ1) is 21.1. The number of sulfonamides is 1. The van der Waals surface area contributed by atoms with E-state index in [-0.39, 0.29) is 29.8 Å². The number of pyridine rings is 1. The third kappa shape index (κ3) is 7.82. The van der Waals surface area contributed by atoms with E-state index >= 15 is 0 Å². The molecule has 5 rings (SSSR count). The Morgan fingerprint density at radius 2 is 1.84 bits per heavy atom. The fourth-order valence-corrected chi connectivity index (χ4v) is 8.98. The molecule has 13 heteroatoms. The van der Waals surface area contributed by atoms with E-state index in [0.29, 0.717) is 48.0 Å². The summed E-state index contributed by atoms with van der Waals surface area (Å²) in [7, 11) is -1.77. The van der Waals surface area contributed by atoms with E-state index in [1.54, 1.807) is 46.9 Å². The molecule has 3 heterocycles. The van der Waals surface area contributed by atoms with Crippen molar-refractivity contribution in [3.63, 3.8) is 0 Å². The lowest BCUT2D eigenvalue weighted by atomic mass is 9.80. The van der Waals surface area contributed by atoms with Crippen LogP contribution in [0.15, 0.2) is 42.6 Å². The number of carbonyl (C=O) groups excluding carboxylic acids is 1. The van der Waals surface area contributed by atoms with Gasteiger partial charge >= 0.3 is 6.09 Å². The fraction of sp³-hybridized carbons (Fsp3) is 0.581. The van der Waals surface area contributed by atoms with Crippen LogP contribution in [0.25, 0.3) is 0 Å². The third-order valence-electron chi connectivity index (χ3n) is 9.32. The Morgan fingerprint density at radius 3 is 2.55 bits per heavy atom. The largest absolute Gasteiger partial charge is 0.481 e. The van der Waals surface area contributed by atoms with Gasteiger partial charge in [0.15, 0.2) is 0 Å². The van der Waals surface area contributed by atoms with Gasteiger partial charge in [0.05, 0.1) is 12.9 Å². The van der Waals surface area contributed by atoms with Crippen LogP contribution in [0.3, 0.4) is 0 Å². The highest BCUT2D eigenvalue weighted by Crippen LogP contribution is 2.33. The van der Waals surface area contributed by atoms with Crippen molar-refractivity contribution in [2.24, 2.45) is 5.92 Å². The number of aromatic nitrogens is 1. The summed E-state index contributed by atoms with van der Waals surface area (Å²) < 4.78 is 32.8. The number of hydrogen-bond donors (Lipinski definition) is 4. The molecule has 4 N–H and O–H groups in total. The molecule has 2 saturated heterocycles. The zero-order valence-corrected chi connectivity index (χ0v) is 26.5. The van der Waals surface area contributed by atoms with Gasteiger partial charge in [-0.3, -0.25) is 4.79 Å². The van der Waals surface area contributed by atoms with Crippen molar-refractivity contribution in [1.29, 1.82) is 0 Å². The molecule has 2 aromatic rings. The molecule has 0 radical (unpaired) electrons. The number of rotatable bonds is 10. The smallest absolute Gasteiger partial charge is 0.405 e. The Labute approximate surface area is 264 Å². The Bertz CT molecular complexity index is 1390. The molecule has 1 aromatic heterocycles. The van der Waals surface area contributed by atoms with Crippen molar-refractivity contribution in [2.45, 2.75) is 81.5 Å². The van der Waals surface area contributed by atoms with Gasteiger partial charge in [-0.05, 0) is 67.7 Å². The second-order valence-corrected chi connectivity index (χ2v) is 14.6. The van der Waals surface area contributed by atoms with Crippen LogP contribution >= 0.6 is 11.6 Å². The van der Waals surface area contributed by atoms with Gasteiger partial charge in [0.25, 0.3) is 0 Å². The lowest BCUT2D eigenvalue weighted by Crippen LogP contribution is -2.57. The average molecular weight is 648 g/mol. The van der Waals surface area contributed by atoms with E-state index < -0.39 is 34.0 Å². The molecule has 11 nitrogen and oxygen atoms in total. The number of methoxy groups -OCH3 is 1. The van der Waals surface area contributed by atoms with Gasteiger partial charge in [0.1, 0.15) is 6.04 Å². The number of halogens is 1. The summed E-state index contributed by atoms with van der Waals surface area (Å²) in [4.78, 5) is 30.4. The van der Waals surface area contributed by atoms with Crippen LogP contribution < -0.4 is 20.7 Å². The first-order valence-corrected chi connectivity index (χ1v) is 17.4. The number of benzene rings is 1. The first kappa shape index (κ1) is 32.5. The van der Waals surface area contributed by atoms with Crippen molar-refractivity contribution in [3.05, 3.63) is 58.7 Å². The van der Waals surface area contributed by atoms with Crippen LogP contribution in [0, 0.1) is 5.92 Å². The van der Waals surface area contributed by atoms with Crippen molar-refractivity contribution in [2.75, 3.05) is 26.0 Å². The number of carbonyl (C=O) groups is 2. The number of amides is 2. The van der Waals surface area contributed by atoms with Gasteiger partial charge in [-0.15, -0.1) is 0 Å². The van der Waals surface area contributed by atoms with E-state index in [0.717, 1.165) is 38.5 Å². The van der Waals surface area contributed by atoms with Crippen molar-refractivity contribution in [1.82, 2.24) is 25.2 Å². The lowest BCUT2D eigenvalue weighted by molar-refractivity contribution is -0.124. The Kier molecular flexibility index (Phi) is 10.7. The summed E-state index contributed by atoms with van der Waals surface area (Å²) in [6.45, 7) is 1.16. The number of fused-ring (bicyclic) bond motifs is 2. The second-order valence-electron chi connectivity index (χ2n) is 12.1. The van der Waals surface area contributed by atoms with Gasteiger partial charge < -0.3 is 25.8 Å². The highest BCUT2D eigenvalue weighted by molar-refractivity contribution is 7.89. The van der Waals surface area contributed by atoms with E-state index in [2.05, 4.69) is 20.9 Å². The third-order valence-corrected chi connectivity index (χ3v) is 11.5. The molecule has 3 fully saturated rings. The van der Waals surface area contributed by atoms with Crippen molar-refractivity contribution in [3.8, 4) is 5.88 Å². The zero-order chi connectivity index (χ0) is 31.3. The van der Waals surface area contributed by atoms with E-state index in [1.165, 1.54) is 7.11 Å². The van der Waals surface area contributed by atoms with Gasteiger partial charge in [-0.1, -0.05) is 42.6 Å². The first-order valence-electron chi connectivity index (χ1n) is 15.4. The Morgan fingerprint density at radius 1 is 1.09 bits per heavy atom. The summed E-state index contributed by atoms with van der Waals surface area (Å²) in [5.41, 5.74) is 1.35. The average Bonchev–Trinajstić information content (AvgIpc) is 3.13. The maximum absolute atomic E-state index is 14.0. The minimum absolute atomic E-state index is 0.106. The predicted molar refractivity (Wildman–Crippen MR) is 167 cm³/mol. The highest BCUT2D eigenvalue weighted by atomic mass is 35.5. The molecule has 3 aliphatic rings. The van der Waals surface area contributed by atoms with Crippen molar-refractivity contribution < 1.29 is 27.9 Å². The summed E-state index contributed by atoms with van der Waals surface area (Å²) in [5.74, 6) is -0.351. The number of hydrogen-bond acceptors (Lipinski definition) is 7. The molecular weight excluding hydrogens is 606 g/mol. The van der Waals surface area contributed by atoms with Crippen LogP contribution in [-0.4, -0.2) is 84.9 Å². The monoisotopic (exact) mass is 647 g/mol. The molecule has 44 heavy (non-hydrogen) atoms. The molecule has 3 unspecified atom stereocenters. The molecule has 2 aliphatic heterocycles. The minimum Gasteiger partial charge on any atom is -0.481 e. The molecule has 7 atom stereocenters. The van der Waals surface area contributed by atoms with E-state index in [9.17, 15) is 23.1 Å². The van der Waals surface area contributed by atoms with Gasteiger partial charge in [-0.2, -0.15) is 4.31 Å². The fourth-order valence-electron chi connectivity index (χ4n) is 7.04. The lowest BCUT2D eigenvalue weighted by Gasteiger charge is -2.39. The summed E-state index contributed by atoms with van der Waals surface area (Å²) in [5, 5.41) is 19.6. The van der Waals surface area contributed by atoms with Crippen LogP contribution in [0.2, 0.25) is 5.02 Å². The molecule has 0 spiro atoms. The highest BCUT2D eigenvalue weighted by Gasteiger charge is 2.40. The molecule has 1 saturated carbocycles. The number of ether oxygens (including phenoxy) is 1. The van der Waals surface area contributed by atoms with E-state index in [4.69, 9.17) is 16.3 Å². The summed E-state index contributed by atoms with van der Waals surface area (Å²) in [6.07, 6.45) is 6.98. The number of piperazine rings is 1. The normalized spacial score (nSPS) is 27.7. The Balaban J connectivity index is 1.34. The minimum atomic E-state index is -3.28. The van der Waals surface area contributed by atoms with Gasteiger partial charge in [0, 0.05) is 54.4 Å². The molecule has 1 aromatic carbocycles. The number of nitrogens with zero attached hydrogens (tertiary/aromatic N) is 2. The molecule has 240 valence electrons. The summed E-state index contributed by atoms with van der Waals surface area (Å²) in [6, 6.07) is 9.24. The summed E-state index contributed by atoms with van der Waals surface area (Å²) >= 11 is 6.15. The standard InChI is InChI=1S/C31H42ClN5O6S/c1-43-27-15-11-22(17-34-27)28(21-8-12-23(32)13-9-21)29(36-31(39)40)30(38)35-26-7-3-2-5-20(26)10-14-25-18-33-24-6-4-16-44(41,42)37(25)19-24/h8-9,11-13,15,17,20,24-26,28-29,33,36H,2-7,10,14,16,18-19H2,1H3,(H,35,38)(H,39,40)/t20-,24-,25+,26+,28?,29?/m1/s1. The van der Waals surface area contributed by atoms with Crippen LogP contribution in [0.1, 0.15) is 68.4 Å². The number of carboxylic acid groups (broad SMARTS) is 1. The molecule has 1 aliphatic carbocycles. The quantitative estimate of drug-likeness (QED) is 0.305. The Hall–Kier alpha value is -2.93. The molecular formula is C31H42ClN5O6S. The van der Waals surface area contributed by atoms with Crippen LogP contribution in [0.4, 0.5) is 4.79 Å². The maximum Gasteiger partial charge on any atom is 0.405 e. The SMILES string of the molecule is COc1ccc(C(c2ccc(Cl)cc2)C(NC(=O)O)C(=O)N[C@H]2CCCC[C@@H]2CC[C@H]2CN[C@@H]3CCCS(=O)(=O)N2C3)cn1. The van der Waals surface area contributed by atoms with Crippen molar-refractivity contribution >= 4 is 33.6 Å². The van der Waals surface area contributed by atoms with Gasteiger partial charge in [-0.25, -0.2) is 18.2 Å². The molecule has 2 bridgehead atoms. The van der Waals surface area contributed by atoms with Crippen LogP contribution in [-0.2, 0) is 14.8 Å². The van der Waals surface area contributed by atoms with E-state index in [1.807, 2.05) is 0 Å². The predicted octanol–water partition coefficient (Wildman–Crippen LogP) is 3.73. The zero-order valence-electron chi connectivity index (χ0n) is 25.0. The maximum atomic E-state index is 14.0. The van der Waals surface area contributed by atoms with Gasteiger partial charge in [0.2, 0.25) is 21.8 Å². The topological polar surface area (TPSA) is 150 Å². The second kappa shape index (κ2) is 14.4. The molecule has 2 amide bonds. The number of nitrogens with one attached hydrogen (secondary N) is 3.